The van der Waals surface area contributed by atoms with Crippen molar-refractivity contribution in [2.75, 3.05) is 14.2 Å². The number of hydrogen-bond acceptors (Lipinski definition) is 4. The van der Waals surface area contributed by atoms with Crippen LogP contribution in [0.3, 0.4) is 0 Å². The largest absolute Gasteiger partial charge is 0.507 e. The van der Waals surface area contributed by atoms with Gasteiger partial charge in [0, 0.05) is 39.0 Å². The van der Waals surface area contributed by atoms with Gasteiger partial charge in [0.25, 0.3) is 0 Å². The van der Waals surface area contributed by atoms with E-state index in [0.717, 1.165) is 43.7 Å². The second kappa shape index (κ2) is 8.90. The molecule has 0 amide bonds. The van der Waals surface area contributed by atoms with Crippen molar-refractivity contribution < 1.29 is 14.6 Å². The number of aromatic nitrogens is 2. The monoisotopic (exact) mass is 536 g/mol. The Hall–Kier alpha value is -2.99. The van der Waals surface area contributed by atoms with Gasteiger partial charge in [-0.15, -0.1) is 0 Å². The highest BCUT2D eigenvalue weighted by Gasteiger charge is 2.28. The van der Waals surface area contributed by atoms with Gasteiger partial charge in [-0.3, -0.25) is 4.57 Å². The maximum Gasteiger partial charge on any atom is 0.163 e. The molecule has 3 aromatic carbocycles. The van der Waals surface area contributed by atoms with Gasteiger partial charge in [-0.05, 0) is 35.1 Å². The van der Waals surface area contributed by atoms with E-state index in [1.807, 2.05) is 30.3 Å². The molecule has 35 heavy (non-hydrogen) atoms. The number of imidazole rings is 1. The highest BCUT2D eigenvalue weighted by atomic mass is 79.9. The predicted octanol–water partition coefficient (Wildman–Crippen LogP) is 7.77. The smallest absolute Gasteiger partial charge is 0.163 e. The molecule has 0 fully saturated rings. The van der Waals surface area contributed by atoms with Crippen molar-refractivity contribution in [3.63, 3.8) is 0 Å². The van der Waals surface area contributed by atoms with Gasteiger partial charge in [0.05, 0.1) is 25.3 Å². The van der Waals surface area contributed by atoms with Crippen molar-refractivity contribution in [3.8, 4) is 34.3 Å². The van der Waals surface area contributed by atoms with Gasteiger partial charge in [0.1, 0.15) is 11.6 Å². The van der Waals surface area contributed by atoms with Crippen LogP contribution in [-0.2, 0) is 10.8 Å². The summed E-state index contributed by atoms with van der Waals surface area (Å²) in [5, 5.41) is 11.3. The lowest BCUT2D eigenvalue weighted by Crippen LogP contribution is -2.18. The van der Waals surface area contributed by atoms with E-state index in [9.17, 15) is 5.11 Å². The van der Waals surface area contributed by atoms with E-state index in [4.69, 9.17) is 14.5 Å². The second-order valence-corrected chi connectivity index (χ2v) is 11.8. The van der Waals surface area contributed by atoms with E-state index < -0.39 is 0 Å². The molecule has 0 spiro atoms. The summed E-state index contributed by atoms with van der Waals surface area (Å²) in [4.78, 5) is 5.03. The van der Waals surface area contributed by atoms with Gasteiger partial charge < -0.3 is 14.6 Å². The molecule has 1 heterocycles. The molecule has 0 aliphatic carbocycles. The normalized spacial score (nSPS) is 12.3. The predicted molar refractivity (Wildman–Crippen MR) is 146 cm³/mol. The van der Waals surface area contributed by atoms with Crippen molar-refractivity contribution in [1.29, 1.82) is 0 Å². The Morgan fingerprint density at radius 3 is 1.91 bits per heavy atom. The number of halogens is 1. The fourth-order valence-corrected chi connectivity index (χ4v) is 4.78. The van der Waals surface area contributed by atoms with Gasteiger partial charge in [0.2, 0.25) is 0 Å². The zero-order chi connectivity index (χ0) is 25.7. The number of ether oxygens (including phenoxy) is 2. The third kappa shape index (κ3) is 4.64. The Kier molecular flexibility index (Phi) is 6.39. The van der Waals surface area contributed by atoms with E-state index in [2.05, 4.69) is 80.2 Å². The summed E-state index contributed by atoms with van der Waals surface area (Å²) < 4.78 is 14.3. The van der Waals surface area contributed by atoms with Crippen molar-refractivity contribution in [2.45, 2.75) is 52.4 Å². The summed E-state index contributed by atoms with van der Waals surface area (Å²) in [6, 6.07) is 16.1. The zero-order valence-electron chi connectivity index (χ0n) is 21.7. The summed E-state index contributed by atoms with van der Waals surface area (Å²) in [6.07, 6.45) is 0. The molecule has 4 aromatic rings. The molecule has 4 rings (SSSR count). The van der Waals surface area contributed by atoms with Gasteiger partial charge in [0.15, 0.2) is 11.5 Å². The van der Waals surface area contributed by atoms with Crippen LogP contribution in [0.4, 0.5) is 0 Å². The minimum atomic E-state index is -0.257. The van der Waals surface area contributed by atoms with Crippen molar-refractivity contribution in [2.24, 2.45) is 0 Å². The van der Waals surface area contributed by atoms with Crippen LogP contribution in [0.25, 0.3) is 28.1 Å². The minimum absolute atomic E-state index is 0.257. The molecule has 0 unspecified atom stereocenters. The first-order valence-corrected chi connectivity index (χ1v) is 12.4. The average molecular weight is 537 g/mol. The maximum absolute atomic E-state index is 11.3. The van der Waals surface area contributed by atoms with E-state index in [-0.39, 0.29) is 10.8 Å². The van der Waals surface area contributed by atoms with Crippen LogP contribution < -0.4 is 9.47 Å². The first-order valence-electron chi connectivity index (χ1n) is 11.6. The fraction of sp³-hybridized carbons (Fsp3) is 0.345. The average Bonchev–Trinajstić information content (AvgIpc) is 3.15. The number of hydrogen-bond donors (Lipinski definition) is 1. The fourth-order valence-electron chi connectivity index (χ4n) is 4.38. The first kappa shape index (κ1) is 25.1. The highest BCUT2D eigenvalue weighted by Crippen LogP contribution is 2.43. The van der Waals surface area contributed by atoms with Gasteiger partial charge in [-0.1, -0.05) is 69.6 Å². The molecule has 184 valence electrons. The second-order valence-electron chi connectivity index (χ2n) is 10.9. The third-order valence-corrected chi connectivity index (χ3v) is 6.70. The highest BCUT2D eigenvalue weighted by molar-refractivity contribution is 9.10. The Balaban J connectivity index is 2.16. The van der Waals surface area contributed by atoms with Crippen LogP contribution in [0, 0.1) is 0 Å². The molecule has 0 saturated carbocycles. The SMILES string of the molecule is COc1cc2nc(-c3cccc(Br)c3)n(-c3cc(C(C)(C)C)c(O)c(C(C)(C)C)c3)c2cc1OC. The molecule has 0 saturated heterocycles. The van der Waals surface area contributed by atoms with Crippen molar-refractivity contribution in [1.82, 2.24) is 9.55 Å². The van der Waals surface area contributed by atoms with Crippen LogP contribution in [0.5, 0.6) is 17.2 Å². The molecular weight excluding hydrogens is 504 g/mol. The minimum Gasteiger partial charge on any atom is -0.507 e. The summed E-state index contributed by atoms with van der Waals surface area (Å²) >= 11 is 3.60. The zero-order valence-corrected chi connectivity index (χ0v) is 23.2. The molecule has 0 bridgehead atoms. The summed E-state index contributed by atoms with van der Waals surface area (Å²) in [5.41, 5.74) is 4.85. The quantitative estimate of drug-likeness (QED) is 0.289. The van der Waals surface area contributed by atoms with Crippen LogP contribution >= 0.6 is 15.9 Å². The number of phenols is 1. The molecule has 5 nitrogen and oxygen atoms in total. The Morgan fingerprint density at radius 2 is 1.40 bits per heavy atom. The third-order valence-electron chi connectivity index (χ3n) is 6.21. The lowest BCUT2D eigenvalue weighted by Gasteiger charge is -2.28. The number of rotatable bonds is 4. The standard InChI is InChI=1S/C29H33BrN2O3/c1-28(2,3)20-13-19(14-21(26(20)33)29(4,5)6)32-23-16-25(35-8)24(34-7)15-22(23)31-27(32)17-10-9-11-18(30)12-17/h9-16,33H,1-8H3. The lowest BCUT2D eigenvalue weighted by molar-refractivity contribution is 0.355. The summed E-state index contributed by atoms with van der Waals surface area (Å²) in [6.45, 7) is 12.7. The van der Waals surface area contributed by atoms with Gasteiger partial charge in [-0.25, -0.2) is 4.98 Å². The summed E-state index contributed by atoms with van der Waals surface area (Å²) in [7, 11) is 3.26. The van der Waals surface area contributed by atoms with Gasteiger partial charge in [-0.2, -0.15) is 0 Å². The van der Waals surface area contributed by atoms with Gasteiger partial charge >= 0.3 is 0 Å². The van der Waals surface area contributed by atoms with Crippen LogP contribution in [0.15, 0.2) is 53.0 Å². The molecule has 0 aliphatic heterocycles. The number of aromatic hydroxyl groups is 1. The van der Waals surface area contributed by atoms with E-state index >= 15 is 0 Å². The maximum atomic E-state index is 11.3. The topological polar surface area (TPSA) is 56.5 Å². The van der Waals surface area contributed by atoms with E-state index in [0.29, 0.717) is 17.2 Å². The molecule has 0 atom stereocenters. The molecule has 1 N–H and O–H groups in total. The Labute approximate surface area is 215 Å². The van der Waals surface area contributed by atoms with Crippen LogP contribution in [-0.4, -0.2) is 28.9 Å². The molecule has 1 aromatic heterocycles. The van der Waals surface area contributed by atoms with E-state index in [1.165, 1.54) is 0 Å². The number of fused-ring (bicyclic) bond motifs is 1. The first-order chi connectivity index (χ1) is 16.3. The molecule has 0 aliphatic rings. The number of benzene rings is 3. The van der Waals surface area contributed by atoms with Crippen LogP contribution in [0.2, 0.25) is 0 Å². The van der Waals surface area contributed by atoms with E-state index in [1.54, 1.807) is 14.2 Å². The summed E-state index contributed by atoms with van der Waals surface area (Å²) in [5.74, 6) is 2.40. The Morgan fingerprint density at radius 1 is 0.829 bits per heavy atom. The Bertz CT molecular complexity index is 1370. The molecular formula is C29H33BrN2O3. The number of phenolic OH excluding ortho intramolecular Hbond substituents is 1. The van der Waals surface area contributed by atoms with Crippen molar-refractivity contribution >= 4 is 27.0 Å². The molecule has 6 heteroatoms. The van der Waals surface area contributed by atoms with Crippen LogP contribution in [0.1, 0.15) is 52.7 Å². The van der Waals surface area contributed by atoms with Crippen molar-refractivity contribution in [3.05, 3.63) is 64.1 Å². The number of nitrogens with zero attached hydrogens (tertiary/aromatic N) is 2. The number of methoxy groups -OCH3 is 2. The lowest BCUT2D eigenvalue weighted by atomic mass is 9.79. The molecule has 0 radical (unpaired) electrons.